The minimum atomic E-state index is -4.50. The lowest BCUT2D eigenvalue weighted by atomic mass is 10.1. The van der Waals surface area contributed by atoms with Gasteiger partial charge in [0.25, 0.3) is 0 Å². The van der Waals surface area contributed by atoms with E-state index in [9.17, 15) is 18.0 Å². The fraction of sp³-hybridized carbons (Fsp3) is 0.310. The summed E-state index contributed by atoms with van der Waals surface area (Å²) in [5.74, 6) is -0.368. The van der Waals surface area contributed by atoms with Crippen molar-refractivity contribution in [1.82, 2.24) is 19.4 Å². The number of fused-ring (bicyclic) bond motifs is 1. The van der Waals surface area contributed by atoms with E-state index in [4.69, 9.17) is 0 Å². The van der Waals surface area contributed by atoms with Crippen LogP contribution in [-0.4, -0.2) is 58.0 Å². The third-order valence-electron chi connectivity index (χ3n) is 6.95. The number of likely N-dealkylation sites (N-methyl/N-ethyl adjacent to an activating group) is 1. The Morgan fingerprint density at radius 2 is 1.63 bits per heavy atom. The van der Waals surface area contributed by atoms with Crippen LogP contribution in [-0.2, 0) is 23.9 Å². The van der Waals surface area contributed by atoms with Crippen LogP contribution in [0.1, 0.15) is 23.6 Å². The molecule has 0 bridgehead atoms. The standard InChI is InChI=1S/C29H30F3N5O/c1-2-35-11-13-36(14-12-35)19-22-15-23(29(30,31)32)18-24(16-22)34-28(38)17-21-7-9-25(10-8-21)37-20-33-26-5-3-4-6-27(26)37/h3-10,15-16,18,20H,2,11-14,17,19H2,1H3,(H,34,38). The van der Waals surface area contributed by atoms with Crippen molar-refractivity contribution in [2.24, 2.45) is 0 Å². The smallest absolute Gasteiger partial charge is 0.326 e. The van der Waals surface area contributed by atoms with Crippen molar-refractivity contribution in [3.8, 4) is 5.69 Å². The van der Waals surface area contributed by atoms with Crippen LogP contribution in [0.2, 0.25) is 0 Å². The molecule has 6 nitrogen and oxygen atoms in total. The average molecular weight is 522 g/mol. The minimum absolute atomic E-state index is 0.0511. The monoisotopic (exact) mass is 521 g/mol. The highest BCUT2D eigenvalue weighted by Gasteiger charge is 2.31. The molecule has 4 aromatic rings. The second-order valence-corrected chi connectivity index (χ2v) is 9.62. The molecule has 5 rings (SSSR count). The normalized spacial score (nSPS) is 15.2. The van der Waals surface area contributed by atoms with Gasteiger partial charge in [0.05, 0.1) is 23.0 Å². The lowest BCUT2D eigenvalue weighted by Gasteiger charge is -2.34. The summed E-state index contributed by atoms with van der Waals surface area (Å²) in [6.07, 6.45) is -2.69. The van der Waals surface area contributed by atoms with Gasteiger partial charge < -0.3 is 10.2 Å². The molecule has 0 radical (unpaired) electrons. The molecule has 2 heterocycles. The van der Waals surface area contributed by atoms with Crippen LogP contribution in [0.3, 0.4) is 0 Å². The van der Waals surface area contributed by atoms with Crippen molar-refractivity contribution < 1.29 is 18.0 Å². The molecule has 38 heavy (non-hydrogen) atoms. The molecule has 1 fully saturated rings. The Kier molecular flexibility index (Phi) is 7.49. The van der Waals surface area contributed by atoms with Crippen LogP contribution in [0, 0.1) is 0 Å². The third kappa shape index (κ3) is 6.06. The Morgan fingerprint density at radius 3 is 2.34 bits per heavy atom. The number of benzene rings is 3. The molecule has 198 valence electrons. The largest absolute Gasteiger partial charge is 0.416 e. The fourth-order valence-electron chi connectivity index (χ4n) is 4.87. The Labute approximate surface area is 219 Å². The van der Waals surface area contributed by atoms with Gasteiger partial charge in [-0.05, 0) is 60.1 Å². The lowest BCUT2D eigenvalue weighted by Crippen LogP contribution is -2.45. The van der Waals surface area contributed by atoms with E-state index in [1.54, 1.807) is 12.4 Å². The summed E-state index contributed by atoms with van der Waals surface area (Å²) in [5, 5.41) is 2.68. The van der Waals surface area contributed by atoms with Gasteiger partial charge in [0.15, 0.2) is 0 Å². The number of piperazine rings is 1. The summed E-state index contributed by atoms with van der Waals surface area (Å²) in [6, 6.07) is 19.1. The molecule has 1 aliphatic rings. The molecular formula is C29H30F3N5O. The maximum Gasteiger partial charge on any atom is 0.416 e. The zero-order valence-corrected chi connectivity index (χ0v) is 21.2. The molecule has 9 heteroatoms. The molecule has 0 atom stereocenters. The van der Waals surface area contributed by atoms with Gasteiger partial charge in [-0.1, -0.05) is 31.2 Å². The van der Waals surface area contributed by atoms with Gasteiger partial charge in [-0.3, -0.25) is 14.3 Å². The number of carbonyl (C=O) groups excluding carboxylic acids is 1. The number of hydrogen-bond acceptors (Lipinski definition) is 4. The van der Waals surface area contributed by atoms with Crippen LogP contribution >= 0.6 is 0 Å². The van der Waals surface area contributed by atoms with Crippen molar-refractivity contribution in [1.29, 1.82) is 0 Å². The first-order chi connectivity index (χ1) is 18.3. The van der Waals surface area contributed by atoms with Gasteiger partial charge in [0, 0.05) is 44.1 Å². The van der Waals surface area contributed by atoms with E-state index in [1.807, 2.05) is 53.1 Å². The van der Waals surface area contributed by atoms with Gasteiger partial charge in [-0.15, -0.1) is 0 Å². The van der Waals surface area contributed by atoms with E-state index < -0.39 is 11.7 Å². The maximum atomic E-state index is 13.6. The number of nitrogens with one attached hydrogen (secondary N) is 1. The number of alkyl halides is 3. The Hall–Kier alpha value is -3.69. The zero-order valence-electron chi connectivity index (χ0n) is 21.2. The third-order valence-corrected chi connectivity index (χ3v) is 6.95. The fourth-order valence-corrected chi connectivity index (χ4v) is 4.87. The molecule has 1 saturated heterocycles. The van der Waals surface area contributed by atoms with Gasteiger partial charge in [0.1, 0.15) is 6.33 Å². The molecule has 3 aromatic carbocycles. The van der Waals surface area contributed by atoms with Crippen molar-refractivity contribution in [3.63, 3.8) is 0 Å². The van der Waals surface area contributed by atoms with Gasteiger partial charge in [0.2, 0.25) is 5.91 Å². The van der Waals surface area contributed by atoms with Crippen LogP contribution in [0.5, 0.6) is 0 Å². The molecule has 0 aliphatic carbocycles. The number of para-hydroxylation sites is 2. The van der Waals surface area contributed by atoms with E-state index >= 15 is 0 Å². The van der Waals surface area contributed by atoms with Gasteiger partial charge >= 0.3 is 6.18 Å². The average Bonchev–Trinajstić information content (AvgIpc) is 3.33. The van der Waals surface area contributed by atoms with Crippen molar-refractivity contribution >= 4 is 22.6 Å². The highest BCUT2D eigenvalue weighted by molar-refractivity contribution is 5.92. The summed E-state index contributed by atoms with van der Waals surface area (Å²) in [4.78, 5) is 21.6. The Bertz CT molecular complexity index is 1410. The second-order valence-electron chi connectivity index (χ2n) is 9.62. The molecule has 1 N–H and O–H groups in total. The maximum absolute atomic E-state index is 13.6. The number of nitrogens with zero attached hydrogens (tertiary/aromatic N) is 4. The predicted octanol–water partition coefficient (Wildman–Crippen LogP) is 5.36. The van der Waals surface area contributed by atoms with Crippen LogP contribution < -0.4 is 5.32 Å². The number of anilines is 1. The molecule has 0 unspecified atom stereocenters. The molecule has 0 saturated carbocycles. The summed E-state index contributed by atoms with van der Waals surface area (Å²) in [7, 11) is 0. The second kappa shape index (κ2) is 11.0. The predicted molar refractivity (Wildman–Crippen MR) is 142 cm³/mol. The summed E-state index contributed by atoms with van der Waals surface area (Å²) in [6.45, 7) is 6.88. The first kappa shape index (κ1) is 25.9. The molecule has 1 aromatic heterocycles. The van der Waals surface area contributed by atoms with E-state index in [0.29, 0.717) is 12.1 Å². The summed E-state index contributed by atoms with van der Waals surface area (Å²) < 4.78 is 42.8. The van der Waals surface area contributed by atoms with Crippen LogP contribution in [0.15, 0.2) is 73.1 Å². The van der Waals surface area contributed by atoms with E-state index in [1.165, 1.54) is 6.07 Å². The highest BCUT2D eigenvalue weighted by Crippen LogP contribution is 2.32. The molecular weight excluding hydrogens is 491 g/mol. The topological polar surface area (TPSA) is 53.4 Å². The van der Waals surface area contributed by atoms with Crippen molar-refractivity contribution in [2.45, 2.75) is 26.1 Å². The first-order valence-electron chi connectivity index (χ1n) is 12.8. The Balaban J connectivity index is 1.27. The number of imidazole rings is 1. The molecule has 1 amide bonds. The minimum Gasteiger partial charge on any atom is -0.326 e. The number of carbonyl (C=O) groups is 1. The highest BCUT2D eigenvalue weighted by atomic mass is 19.4. The van der Waals surface area contributed by atoms with Crippen molar-refractivity contribution in [3.05, 3.63) is 89.7 Å². The van der Waals surface area contributed by atoms with Gasteiger partial charge in [-0.2, -0.15) is 13.2 Å². The number of rotatable bonds is 7. The van der Waals surface area contributed by atoms with Crippen molar-refractivity contribution in [2.75, 3.05) is 38.0 Å². The number of amides is 1. The quantitative estimate of drug-likeness (QED) is 0.356. The molecule has 1 aliphatic heterocycles. The lowest BCUT2D eigenvalue weighted by molar-refractivity contribution is -0.137. The van der Waals surface area contributed by atoms with E-state index in [-0.39, 0.29) is 18.0 Å². The van der Waals surface area contributed by atoms with Crippen LogP contribution in [0.25, 0.3) is 16.7 Å². The number of aromatic nitrogens is 2. The Morgan fingerprint density at radius 1 is 0.921 bits per heavy atom. The van der Waals surface area contributed by atoms with Crippen LogP contribution in [0.4, 0.5) is 18.9 Å². The first-order valence-corrected chi connectivity index (χ1v) is 12.8. The zero-order chi connectivity index (χ0) is 26.7. The van der Waals surface area contributed by atoms with E-state index in [0.717, 1.165) is 61.1 Å². The SMILES string of the molecule is CCN1CCN(Cc2cc(NC(=O)Cc3ccc(-n4cnc5ccccc54)cc3)cc(C(F)(F)F)c2)CC1. The van der Waals surface area contributed by atoms with Gasteiger partial charge in [-0.25, -0.2) is 4.98 Å². The number of halogens is 3. The van der Waals surface area contributed by atoms with E-state index in [2.05, 4.69) is 27.0 Å². The number of hydrogen-bond donors (Lipinski definition) is 1. The summed E-state index contributed by atoms with van der Waals surface area (Å²) >= 11 is 0. The summed E-state index contributed by atoms with van der Waals surface area (Å²) in [5.41, 5.74) is 3.48. The molecule has 0 spiro atoms.